The van der Waals surface area contributed by atoms with Crippen molar-refractivity contribution >= 4 is 7.82 Å². The molecule has 0 spiro atoms. The van der Waals surface area contributed by atoms with Gasteiger partial charge in [-0.05, 0) is 33.9 Å². The number of rotatable bonds is 5. The molecule has 0 heterocycles. The second-order valence-electron chi connectivity index (χ2n) is 6.49. The van der Waals surface area contributed by atoms with Crippen LogP contribution in [0.1, 0.15) is 0 Å². The smallest absolute Gasteiger partial charge is 0.132 e. The van der Waals surface area contributed by atoms with E-state index in [-0.39, 0.29) is 5.75 Å². The standard InChI is InChI=1S/C24H19O4P/c25-29(26,27)28-23-17-8-7-14-21(23)22-16-9-15-20(18-10-3-1-4-11-18)24(22)19-12-5-2-6-13-19/h1-17H,(H2,25,26,27)/p-2. The monoisotopic (exact) mass is 400 g/mol. The largest absolute Gasteiger partial charge is 0.780 e. The molecule has 0 amide bonds. The Morgan fingerprint density at radius 2 is 1.07 bits per heavy atom. The van der Waals surface area contributed by atoms with Crippen LogP contribution in [0.4, 0.5) is 0 Å². The number of benzene rings is 4. The summed E-state index contributed by atoms with van der Waals surface area (Å²) in [5, 5.41) is 0. The zero-order valence-electron chi connectivity index (χ0n) is 15.4. The van der Waals surface area contributed by atoms with Gasteiger partial charge in [0.05, 0.1) is 0 Å². The molecule has 5 heteroatoms. The molecule has 29 heavy (non-hydrogen) atoms. The van der Waals surface area contributed by atoms with E-state index >= 15 is 0 Å². The lowest BCUT2D eigenvalue weighted by molar-refractivity contribution is -0.333. The van der Waals surface area contributed by atoms with E-state index in [2.05, 4.69) is 0 Å². The fraction of sp³-hybridized carbons (Fsp3) is 0. The van der Waals surface area contributed by atoms with Gasteiger partial charge in [-0.25, -0.2) is 0 Å². The average Bonchev–Trinajstić information content (AvgIpc) is 2.74. The normalized spacial score (nSPS) is 11.2. The highest BCUT2D eigenvalue weighted by Gasteiger charge is 2.16. The van der Waals surface area contributed by atoms with E-state index in [1.54, 1.807) is 18.2 Å². The van der Waals surface area contributed by atoms with Crippen molar-refractivity contribution in [1.29, 1.82) is 0 Å². The van der Waals surface area contributed by atoms with E-state index in [0.717, 1.165) is 27.8 Å². The summed E-state index contributed by atoms with van der Waals surface area (Å²) >= 11 is 0. The van der Waals surface area contributed by atoms with Gasteiger partial charge in [-0.3, -0.25) is 0 Å². The van der Waals surface area contributed by atoms with Crippen LogP contribution in [0.3, 0.4) is 0 Å². The van der Waals surface area contributed by atoms with Crippen LogP contribution < -0.4 is 14.3 Å². The summed E-state index contributed by atoms with van der Waals surface area (Å²) in [6.07, 6.45) is 0. The number of para-hydroxylation sites is 1. The van der Waals surface area contributed by atoms with Crippen LogP contribution in [0.2, 0.25) is 0 Å². The molecule has 0 aliphatic rings. The van der Waals surface area contributed by atoms with Crippen LogP contribution in [-0.4, -0.2) is 0 Å². The van der Waals surface area contributed by atoms with Crippen molar-refractivity contribution in [3.63, 3.8) is 0 Å². The first-order chi connectivity index (χ1) is 14.0. The molecule has 0 bridgehead atoms. The summed E-state index contributed by atoms with van der Waals surface area (Å²) < 4.78 is 16.0. The molecule has 4 aromatic carbocycles. The first-order valence-corrected chi connectivity index (χ1v) is 10.5. The van der Waals surface area contributed by atoms with Gasteiger partial charge < -0.3 is 18.9 Å². The van der Waals surface area contributed by atoms with Gasteiger partial charge in [0.1, 0.15) is 13.6 Å². The van der Waals surface area contributed by atoms with Crippen molar-refractivity contribution in [3.05, 3.63) is 103 Å². The Labute approximate surface area is 169 Å². The van der Waals surface area contributed by atoms with Gasteiger partial charge in [-0.15, -0.1) is 0 Å². The maximum absolute atomic E-state index is 11.3. The SMILES string of the molecule is O=P([O-])([O-])Oc1ccccc1-c1cccc(-c2ccccc2)c1-c1ccccc1. The maximum Gasteiger partial charge on any atom is 0.132 e. The maximum atomic E-state index is 11.3. The Morgan fingerprint density at radius 1 is 0.552 bits per heavy atom. The summed E-state index contributed by atoms with van der Waals surface area (Å²) in [5.41, 5.74) is 5.25. The molecule has 0 N–H and O–H groups in total. The third-order valence-electron chi connectivity index (χ3n) is 4.60. The Kier molecular flexibility index (Phi) is 5.32. The van der Waals surface area contributed by atoms with Crippen LogP contribution >= 0.6 is 7.82 Å². The molecular formula is C24H17O4P-2. The van der Waals surface area contributed by atoms with Crippen molar-refractivity contribution in [1.82, 2.24) is 0 Å². The molecule has 0 aliphatic heterocycles. The van der Waals surface area contributed by atoms with Crippen LogP contribution in [0.15, 0.2) is 103 Å². The molecule has 0 aromatic heterocycles. The van der Waals surface area contributed by atoms with Gasteiger partial charge in [0.25, 0.3) is 0 Å². The Hall–Kier alpha value is -3.17. The third kappa shape index (κ3) is 4.30. The summed E-state index contributed by atoms with van der Waals surface area (Å²) in [4.78, 5) is 22.6. The van der Waals surface area contributed by atoms with Gasteiger partial charge in [-0.2, -0.15) is 0 Å². The molecule has 144 valence electrons. The van der Waals surface area contributed by atoms with Crippen molar-refractivity contribution in [2.75, 3.05) is 0 Å². The molecule has 4 nitrogen and oxygen atoms in total. The predicted molar refractivity (Wildman–Crippen MR) is 111 cm³/mol. The van der Waals surface area contributed by atoms with Gasteiger partial charge in [-0.1, -0.05) is 97.1 Å². The topological polar surface area (TPSA) is 72.4 Å². The Balaban J connectivity index is 2.00. The Bertz CT molecular complexity index is 1170. The highest BCUT2D eigenvalue weighted by molar-refractivity contribution is 7.43. The van der Waals surface area contributed by atoms with E-state index < -0.39 is 7.82 Å². The van der Waals surface area contributed by atoms with Crippen LogP contribution in [0.25, 0.3) is 33.4 Å². The van der Waals surface area contributed by atoms with E-state index in [9.17, 15) is 14.4 Å². The number of hydrogen-bond acceptors (Lipinski definition) is 4. The van der Waals surface area contributed by atoms with Gasteiger partial charge >= 0.3 is 0 Å². The first-order valence-electron chi connectivity index (χ1n) is 9.08. The molecule has 0 radical (unpaired) electrons. The lowest BCUT2D eigenvalue weighted by Gasteiger charge is -2.30. The van der Waals surface area contributed by atoms with Crippen molar-refractivity contribution < 1.29 is 18.9 Å². The van der Waals surface area contributed by atoms with Gasteiger partial charge in [0, 0.05) is 5.56 Å². The molecule has 0 atom stereocenters. The second kappa shape index (κ2) is 8.06. The second-order valence-corrected chi connectivity index (χ2v) is 7.57. The number of phosphoric ester groups is 1. The number of hydrogen-bond donors (Lipinski definition) is 0. The van der Waals surface area contributed by atoms with E-state index in [0.29, 0.717) is 5.56 Å². The fourth-order valence-corrected chi connectivity index (χ4v) is 3.84. The molecule has 4 rings (SSSR count). The molecule has 0 fully saturated rings. The molecule has 0 saturated heterocycles. The molecule has 0 aliphatic carbocycles. The summed E-state index contributed by atoms with van der Waals surface area (Å²) in [5.74, 6) is 0.0169. The molecule has 0 saturated carbocycles. The van der Waals surface area contributed by atoms with E-state index in [1.165, 1.54) is 6.07 Å². The zero-order chi connectivity index (χ0) is 20.3. The molecular weight excluding hydrogens is 383 g/mol. The van der Waals surface area contributed by atoms with Crippen LogP contribution in [0, 0.1) is 0 Å². The highest BCUT2D eigenvalue weighted by atomic mass is 31.2. The van der Waals surface area contributed by atoms with Crippen molar-refractivity contribution in [3.8, 4) is 39.1 Å². The lowest BCUT2D eigenvalue weighted by atomic mass is 9.87. The quantitative estimate of drug-likeness (QED) is 0.447. The van der Waals surface area contributed by atoms with Crippen molar-refractivity contribution in [2.45, 2.75) is 0 Å². The summed E-state index contributed by atoms with van der Waals surface area (Å²) in [6.45, 7) is 0. The minimum atomic E-state index is -5.19. The van der Waals surface area contributed by atoms with E-state index in [1.807, 2.05) is 78.9 Å². The lowest BCUT2D eigenvalue weighted by Crippen LogP contribution is -2.18. The average molecular weight is 400 g/mol. The van der Waals surface area contributed by atoms with Crippen molar-refractivity contribution in [2.24, 2.45) is 0 Å². The minimum Gasteiger partial charge on any atom is -0.780 e. The molecule has 0 unspecified atom stereocenters. The Morgan fingerprint density at radius 3 is 1.72 bits per heavy atom. The minimum absolute atomic E-state index is 0.0169. The first kappa shape index (κ1) is 19.2. The number of phosphoric acid groups is 1. The third-order valence-corrected chi connectivity index (χ3v) is 5.02. The van der Waals surface area contributed by atoms with Crippen LogP contribution in [-0.2, 0) is 4.57 Å². The van der Waals surface area contributed by atoms with Crippen LogP contribution in [0.5, 0.6) is 5.75 Å². The van der Waals surface area contributed by atoms with E-state index in [4.69, 9.17) is 4.52 Å². The summed E-state index contributed by atoms with van der Waals surface area (Å²) in [7, 11) is -5.19. The van der Waals surface area contributed by atoms with Gasteiger partial charge in [0.15, 0.2) is 0 Å². The zero-order valence-corrected chi connectivity index (χ0v) is 16.3. The predicted octanol–water partition coefficient (Wildman–Crippen LogP) is 4.90. The fourth-order valence-electron chi connectivity index (χ4n) is 3.44. The molecule has 4 aromatic rings. The summed E-state index contributed by atoms with van der Waals surface area (Å²) in [6, 6.07) is 32.3. The highest BCUT2D eigenvalue weighted by Crippen LogP contribution is 2.44. The van der Waals surface area contributed by atoms with Gasteiger partial charge in [0.2, 0.25) is 0 Å².